The Labute approximate surface area is 761 Å². The van der Waals surface area contributed by atoms with Gasteiger partial charge in [0.05, 0.1) is 55.0 Å². The Balaban J connectivity index is 0.000000209. The molecule has 0 aliphatic carbocycles. The number of anilines is 1. The molecular formula is C87H103BrCl5F13N10O11. The number of rotatable bonds is 10. The van der Waals surface area contributed by atoms with Gasteiger partial charge in [0, 0.05) is 109 Å². The lowest BCUT2D eigenvalue weighted by molar-refractivity contribution is -0.133. The van der Waals surface area contributed by atoms with Gasteiger partial charge in [-0.1, -0.05) is 73.9 Å². The van der Waals surface area contributed by atoms with Gasteiger partial charge >= 0.3 is 18.3 Å². The zero-order valence-electron chi connectivity index (χ0n) is 71.8. The van der Waals surface area contributed by atoms with Gasteiger partial charge < -0.3 is 54.7 Å². The van der Waals surface area contributed by atoms with E-state index < -0.39 is 110 Å². The quantitative estimate of drug-likeness (QED) is 0.0379. The van der Waals surface area contributed by atoms with Crippen LogP contribution in [0.25, 0.3) is 0 Å². The number of hydrogen-bond acceptors (Lipinski definition) is 15. The number of carbonyl (C=O) groups excluding carboxylic acids is 4. The maximum Gasteiger partial charge on any atom is 0.410 e. The number of hydrogen-bond donors (Lipinski definition) is 3. The lowest BCUT2D eigenvalue weighted by Crippen LogP contribution is -2.49. The van der Waals surface area contributed by atoms with Crippen molar-refractivity contribution in [2.45, 2.75) is 204 Å². The molecule has 40 heteroatoms. The first-order valence-corrected chi connectivity index (χ1v) is 43.1. The summed E-state index contributed by atoms with van der Waals surface area (Å²) < 4.78 is 199. The summed E-state index contributed by atoms with van der Waals surface area (Å²) in [6, 6.07) is 17.0. The number of nitrogen functional groups attached to an aromatic ring is 1. The number of epoxide rings is 1. The number of ether oxygens (including phenoxy) is 4. The summed E-state index contributed by atoms with van der Waals surface area (Å²) in [5, 5.41) is 19.8. The van der Waals surface area contributed by atoms with E-state index in [-0.39, 0.29) is 143 Å². The number of amides is 4. The standard InChI is InChI=1S/C19H19ClF3N3O2.C17H21ClF3NO2.C17H22ClF2NO3.C12H13ClF3N.C11H19NO3.C6H2BrClF2.C5H7N3O/c1-25-16(27)3-2-13(24-25)10-17(28)26-6-4-19(23,5-7-26)11-12-8-14(20)18(22)15(21)9-12;1-16(2,3)24-15(23)22-6-4-17(21,5-7-22)10-11-8-12(18)14(20)13(19)9-11;1-16(2,3)24-15(22)21-6-4-17(23,5-7-21)10-11-8-12(18)14(20)13(19)9-11;13-9-5-8(6-10(14)11(9)15)7-12(16)1-3-17-4-2-12;1-10(2,3)15-9(13)12-6-4-11(5-7-12)8-14-11;7-3-1-4(8)6(10)5(9)2-3;1-8-5(9)3-2-4(6)7-8/h2-3,8-9H,4-7,10-11H2,1H3;8-9H,4-7,10H2,1-3H3;8-9,23H,4-7,10H2,1-3H3;5-6,17H,1-4,7H2;4-8H2,1-3H3;1-2H;2-3H,1H3,(H2,6,7). The van der Waals surface area contributed by atoms with Gasteiger partial charge in [-0.25, -0.2) is 80.8 Å². The fourth-order valence-electron chi connectivity index (χ4n) is 13.7. The molecular weight excluding hydrogens is 1870 g/mol. The average molecular weight is 1970 g/mol. The summed E-state index contributed by atoms with van der Waals surface area (Å²) in [4.78, 5) is 76.4. The highest BCUT2D eigenvalue weighted by Gasteiger charge is 2.48. The lowest BCUT2D eigenvalue weighted by atomic mass is 9.85. The van der Waals surface area contributed by atoms with Gasteiger partial charge in [-0.2, -0.15) is 10.2 Å². The Morgan fingerprint density at radius 1 is 0.449 bits per heavy atom. The molecule has 700 valence electrons. The maximum absolute atomic E-state index is 15.1. The summed E-state index contributed by atoms with van der Waals surface area (Å²) in [5.41, 5.74) is -0.419. The predicted molar refractivity (Wildman–Crippen MR) is 461 cm³/mol. The van der Waals surface area contributed by atoms with E-state index in [9.17, 15) is 86.6 Å². The van der Waals surface area contributed by atoms with Crippen molar-refractivity contribution >= 4 is 104 Å². The van der Waals surface area contributed by atoms with Gasteiger partial charge in [-0.3, -0.25) is 14.4 Å². The molecule has 5 aromatic carbocycles. The van der Waals surface area contributed by atoms with Crippen molar-refractivity contribution in [2.75, 3.05) is 77.8 Å². The van der Waals surface area contributed by atoms with Crippen molar-refractivity contribution in [1.29, 1.82) is 0 Å². The molecule has 13 rings (SSSR count). The van der Waals surface area contributed by atoms with Gasteiger partial charge in [0.2, 0.25) is 5.91 Å². The van der Waals surface area contributed by atoms with Crippen LogP contribution in [0.3, 0.4) is 0 Å². The number of aromatic nitrogens is 4. The Bertz CT molecular complexity index is 4880. The van der Waals surface area contributed by atoms with Gasteiger partial charge in [0.15, 0.2) is 58.2 Å². The predicted octanol–water partition coefficient (Wildman–Crippen LogP) is 19.4. The first kappa shape index (κ1) is 106. The molecule has 6 saturated heterocycles. The summed E-state index contributed by atoms with van der Waals surface area (Å²) >= 11 is 30.6. The van der Waals surface area contributed by atoms with Crippen LogP contribution in [0.15, 0.2) is 99.0 Å². The summed E-state index contributed by atoms with van der Waals surface area (Å²) in [6.45, 7) is 21.4. The normalized spacial score (nSPS) is 17.2. The number of halogens is 19. The van der Waals surface area contributed by atoms with E-state index in [0.29, 0.717) is 84.5 Å². The van der Waals surface area contributed by atoms with E-state index in [4.69, 9.17) is 82.7 Å². The number of likely N-dealkylation sites (tertiary alicyclic amines) is 4. The van der Waals surface area contributed by atoms with E-state index in [1.165, 1.54) is 76.1 Å². The number of aliphatic hydroxyl groups is 1. The van der Waals surface area contributed by atoms with Crippen LogP contribution in [-0.4, -0.2) is 186 Å². The van der Waals surface area contributed by atoms with Crippen molar-refractivity contribution < 1.29 is 100 Å². The highest BCUT2D eigenvalue weighted by molar-refractivity contribution is 9.10. The number of alkyl halides is 3. The fraction of sp³-hybridized carbons (Fsp3) is 0.517. The molecule has 0 bridgehead atoms. The van der Waals surface area contributed by atoms with Crippen LogP contribution in [0.1, 0.15) is 154 Å². The molecule has 6 fully saturated rings. The molecule has 6 aliphatic rings. The van der Waals surface area contributed by atoms with Gasteiger partial charge in [0.1, 0.15) is 39.6 Å². The molecule has 1 spiro atoms. The van der Waals surface area contributed by atoms with E-state index in [1.54, 1.807) is 58.4 Å². The molecule has 0 atom stereocenters. The van der Waals surface area contributed by atoms with Crippen LogP contribution in [0.2, 0.25) is 25.1 Å². The minimum Gasteiger partial charge on any atom is -0.444 e. The van der Waals surface area contributed by atoms with Crippen molar-refractivity contribution in [1.82, 2.24) is 44.5 Å². The van der Waals surface area contributed by atoms with Crippen LogP contribution in [0.5, 0.6) is 0 Å². The number of carbonyl (C=O) groups is 4. The smallest absolute Gasteiger partial charge is 0.410 e. The maximum atomic E-state index is 15.1. The number of benzene rings is 5. The van der Waals surface area contributed by atoms with E-state index in [0.717, 1.165) is 67.6 Å². The Kier molecular flexibility index (Phi) is 37.6. The fourth-order valence-corrected chi connectivity index (χ4v) is 15.4. The molecule has 7 aromatic rings. The van der Waals surface area contributed by atoms with Crippen molar-refractivity contribution in [3.05, 3.63) is 221 Å². The number of nitrogens with zero attached hydrogens (tertiary/aromatic N) is 8. The second-order valence-electron chi connectivity index (χ2n) is 34.7. The third-order valence-corrected chi connectivity index (χ3v) is 22.4. The molecule has 127 heavy (non-hydrogen) atoms. The van der Waals surface area contributed by atoms with Crippen LogP contribution in [0.4, 0.5) is 77.3 Å². The highest BCUT2D eigenvalue weighted by Crippen LogP contribution is 2.40. The van der Waals surface area contributed by atoms with Gasteiger partial charge in [-0.15, -0.1) is 0 Å². The molecule has 21 nitrogen and oxygen atoms in total. The average Bonchev–Trinajstić information content (AvgIpc) is 1.63. The van der Waals surface area contributed by atoms with Crippen LogP contribution >= 0.6 is 73.9 Å². The van der Waals surface area contributed by atoms with E-state index in [1.807, 2.05) is 20.8 Å². The molecule has 0 radical (unpaired) electrons. The van der Waals surface area contributed by atoms with Crippen molar-refractivity contribution in [3.8, 4) is 0 Å². The molecule has 4 amide bonds. The van der Waals surface area contributed by atoms with Crippen molar-refractivity contribution in [3.63, 3.8) is 0 Å². The zero-order chi connectivity index (χ0) is 94.9. The molecule has 0 unspecified atom stereocenters. The summed E-state index contributed by atoms with van der Waals surface area (Å²) in [6.07, 6.45) is 2.64. The van der Waals surface area contributed by atoms with Crippen molar-refractivity contribution in [2.24, 2.45) is 14.1 Å². The molecule has 0 saturated carbocycles. The lowest BCUT2D eigenvalue weighted by Gasteiger charge is -2.38. The summed E-state index contributed by atoms with van der Waals surface area (Å²) in [7, 11) is 3.05. The topological polar surface area (TPSA) is 250 Å². The Hall–Kier alpha value is -8.16. The number of nitrogens with two attached hydrogens (primary N) is 1. The third kappa shape index (κ3) is 33.9. The molecule has 2 aromatic heterocycles. The third-order valence-electron chi connectivity index (χ3n) is 20.6. The van der Waals surface area contributed by atoms with Gasteiger partial charge in [0.25, 0.3) is 11.1 Å². The second-order valence-corrected chi connectivity index (χ2v) is 37.7. The van der Waals surface area contributed by atoms with Crippen LogP contribution < -0.4 is 22.2 Å². The first-order valence-electron chi connectivity index (χ1n) is 40.4. The second kappa shape index (κ2) is 45.1. The number of piperidine rings is 5. The first-order chi connectivity index (χ1) is 58.9. The molecule has 6 aliphatic heterocycles. The Morgan fingerprint density at radius 3 is 1.06 bits per heavy atom. The van der Waals surface area contributed by atoms with E-state index >= 15 is 4.39 Å². The zero-order valence-corrected chi connectivity index (χ0v) is 77.2. The SMILES string of the molecule is CC(C)(C)OC(=O)N1CCC(F)(Cc2cc(F)c(F)c(Cl)c2)CC1.CC(C)(C)OC(=O)N1CCC(O)(Cc2cc(F)c(F)c(Cl)c2)CC1.CC(C)(C)OC(=O)N1CCC2(CC1)CO2.Cn1nc(CC(=O)N2CCC(F)(Cc3cc(F)c(F)c(Cl)c3)CC2)ccc1=O.Cn1nc(N)ccc1=O.Fc1cc(Br)cc(Cl)c1F.Fc1cc(CC2(F)CCNCC2)cc(Cl)c1F. The van der Waals surface area contributed by atoms with Crippen LogP contribution in [-0.2, 0) is 69.9 Å². The molecule has 4 N–H and O–H groups in total. The highest BCUT2D eigenvalue weighted by atomic mass is 79.9. The van der Waals surface area contributed by atoms with Crippen LogP contribution in [0, 0.1) is 58.2 Å². The Morgan fingerprint density at radius 2 is 0.748 bits per heavy atom. The van der Waals surface area contributed by atoms with E-state index in [2.05, 4.69) is 31.4 Å². The van der Waals surface area contributed by atoms with Gasteiger partial charge in [-0.05, 0) is 235 Å². The number of aryl methyl sites for hydroxylation is 2. The monoisotopic (exact) mass is 1960 g/mol. The minimum absolute atomic E-state index is 0.0200. The number of nitrogens with one attached hydrogen (secondary N) is 1. The minimum atomic E-state index is -1.63. The molecule has 8 heterocycles. The largest absolute Gasteiger partial charge is 0.444 e. The summed E-state index contributed by atoms with van der Waals surface area (Å²) in [5.74, 6) is -10.5.